The first kappa shape index (κ1) is 15.2. The van der Waals surface area contributed by atoms with Gasteiger partial charge in [0, 0.05) is 17.8 Å². The molecule has 1 aliphatic rings. The number of nitrogens with two attached hydrogens (primary N) is 1. The van der Waals surface area contributed by atoms with Crippen LogP contribution in [0.3, 0.4) is 0 Å². The maximum Gasteiger partial charge on any atom is 0.242 e. The summed E-state index contributed by atoms with van der Waals surface area (Å²) in [5.74, 6) is 0.280. The minimum atomic E-state index is -0.523. The maximum absolute atomic E-state index is 11.7. The Hall–Kier alpha value is -2.24. The molecule has 1 atom stereocenters. The van der Waals surface area contributed by atoms with Crippen molar-refractivity contribution in [1.29, 1.82) is 0 Å². The van der Waals surface area contributed by atoms with Gasteiger partial charge in [0.2, 0.25) is 11.8 Å². The second kappa shape index (κ2) is 6.97. The number of amides is 2. The second-order valence-corrected chi connectivity index (χ2v) is 5.24. The van der Waals surface area contributed by atoms with Crippen LogP contribution in [0.2, 0.25) is 0 Å². The van der Waals surface area contributed by atoms with E-state index >= 15 is 0 Å². The monoisotopic (exact) mass is 291 g/mol. The van der Waals surface area contributed by atoms with E-state index in [9.17, 15) is 9.59 Å². The lowest BCUT2D eigenvalue weighted by Crippen LogP contribution is -2.45. The van der Waals surface area contributed by atoms with E-state index < -0.39 is 6.04 Å². The highest BCUT2D eigenvalue weighted by Crippen LogP contribution is 2.18. The lowest BCUT2D eigenvalue weighted by Gasteiger charge is -2.14. The van der Waals surface area contributed by atoms with Crippen molar-refractivity contribution in [3.63, 3.8) is 0 Å². The van der Waals surface area contributed by atoms with E-state index in [0.29, 0.717) is 17.5 Å². The van der Waals surface area contributed by atoms with Gasteiger partial charge in [-0.1, -0.05) is 6.07 Å². The second-order valence-electron chi connectivity index (χ2n) is 5.24. The van der Waals surface area contributed by atoms with Crippen LogP contribution in [0.1, 0.15) is 26.2 Å². The van der Waals surface area contributed by atoms with E-state index in [-0.39, 0.29) is 24.8 Å². The topological polar surface area (TPSA) is 93.4 Å². The van der Waals surface area contributed by atoms with Crippen molar-refractivity contribution in [2.45, 2.75) is 38.3 Å². The van der Waals surface area contributed by atoms with Crippen LogP contribution in [-0.4, -0.2) is 30.5 Å². The highest BCUT2D eigenvalue weighted by Gasteiger charge is 2.26. The van der Waals surface area contributed by atoms with Crippen molar-refractivity contribution in [3.05, 3.63) is 24.3 Å². The predicted octanol–water partition coefficient (Wildman–Crippen LogP) is 0.821. The number of hydrogen-bond acceptors (Lipinski definition) is 4. The Morgan fingerprint density at radius 2 is 2.19 bits per heavy atom. The molecule has 1 unspecified atom stereocenters. The summed E-state index contributed by atoms with van der Waals surface area (Å²) in [5, 5.41) is 5.50. The molecule has 1 aromatic carbocycles. The van der Waals surface area contributed by atoms with Crippen LogP contribution in [0.15, 0.2) is 24.3 Å². The fourth-order valence-electron chi connectivity index (χ4n) is 1.80. The Balaban J connectivity index is 1.65. The van der Waals surface area contributed by atoms with Crippen molar-refractivity contribution in [3.8, 4) is 5.75 Å². The van der Waals surface area contributed by atoms with Gasteiger partial charge < -0.3 is 21.1 Å². The molecule has 21 heavy (non-hydrogen) atoms. The summed E-state index contributed by atoms with van der Waals surface area (Å²) in [4.78, 5) is 23.4. The van der Waals surface area contributed by atoms with E-state index in [4.69, 9.17) is 10.5 Å². The summed E-state index contributed by atoms with van der Waals surface area (Å²) in [5.41, 5.74) is 6.24. The number of benzene rings is 1. The Morgan fingerprint density at radius 3 is 2.86 bits per heavy atom. The molecule has 0 radical (unpaired) electrons. The van der Waals surface area contributed by atoms with E-state index in [2.05, 4.69) is 10.6 Å². The van der Waals surface area contributed by atoms with E-state index in [1.54, 1.807) is 31.2 Å². The SMILES string of the molecule is CC(NC(=O)CCOc1cccc(N)c1)C(=O)NC1CC1. The van der Waals surface area contributed by atoms with Crippen LogP contribution in [0.25, 0.3) is 0 Å². The van der Waals surface area contributed by atoms with Gasteiger partial charge in [0.1, 0.15) is 11.8 Å². The van der Waals surface area contributed by atoms with Crippen LogP contribution in [0.5, 0.6) is 5.75 Å². The number of carbonyl (C=O) groups is 2. The minimum absolute atomic E-state index is 0.136. The molecule has 0 bridgehead atoms. The summed E-state index contributed by atoms with van der Waals surface area (Å²) in [6, 6.07) is 6.80. The largest absolute Gasteiger partial charge is 0.493 e. The fourth-order valence-corrected chi connectivity index (χ4v) is 1.80. The number of hydrogen-bond donors (Lipinski definition) is 3. The summed E-state index contributed by atoms with van der Waals surface area (Å²) >= 11 is 0. The van der Waals surface area contributed by atoms with Gasteiger partial charge in [0.25, 0.3) is 0 Å². The molecule has 6 nitrogen and oxygen atoms in total. The Bertz CT molecular complexity index is 515. The third-order valence-electron chi connectivity index (χ3n) is 3.15. The van der Waals surface area contributed by atoms with E-state index in [1.807, 2.05) is 0 Å². The Labute approximate surface area is 124 Å². The first-order valence-electron chi connectivity index (χ1n) is 7.12. The average molecular weight is 291 g/mol. The van der Waals surface area contributed by atoms with Gasteiger partial charge >= 0.3 is 0 Å². The molecule has 2 amide bonds. The molecule has 1 aliphatic carbocycles. The van der Waals surface area contributed by atoms with Gasteiger partial charge in [-0.15, -0.1) is 0 Å². The number of rotatable bonds is 7. The Morgan fingerprint density at radius 1 is 1.43 bits per heavy atom. The van der Waals surface area contributed by atoms with Crippen molar-refractivity contribution >= 4 is 17.5 Å². The molecule has 0 heterocycles. The highest BCUT2D eigenvalue weighted by atomic mass is 16.5. The predicted molar refractivity (Wildman–Crippen MR) is 79.7 cm³/mol. The van der Waals surface area contributed by atoms with Crippen molar-refractivity contribution in [2.75, 3.05) is 12.3 Å². The first-order valence-corrected chi connectivity index (χ1v) is 7.12. The Kier molecular flexibility index (Phi) is 5.03. The molecule has 0 saturated heterocycles. The van der Waals surface area contributed by atoms with Crippen LogP contribution < -0.4 is 21.1 Å². The normalized spacial score (nSPS) is 15.1. The highest BCUT2D eigenvalue weighted by molar-refractivity contribution is 5.87. The summed E-state index contributed by atoms with van der Waals surface area (Å²) in [6.07, 6.45) is 2.25. The number of nitrogen functional groups attached to an aromatic ring is 1. The number of nitrogens with one attached hydrogen (secondary N) is 2. The molecular formula is C15H21N3O3. The third-order valence-corrected chi connectivity index (χ3v) is 3.15. The third kappa shape index (κ3) is 5.33. The number of ether oxygens (including phenoxy) is 1. The standard InChI is InChI=1S/C15H21N3O3/c1-10(15(20)18-12-5-6-12)17-14(19)7-8-21-13-4-2-3-11(16)9-13/h2-4,9-10,12H,5-8,16H2,1H3,(H,17,19)(H,18,20). The summed E-state index contributed by atoms with van der Waals surface area (Å²) in [6.45, 7) is 1.92. The van der Waals surface area contributed by atoms with Crippen molar-refractivity contribution in [2.24, 2.45) is 0 Å². The molecular weight excluding hydrogens is 270 g/mol. The van der Waals surface area contributed by atoms with Crippen LogP contribution in [0.4, 0.5) is 5.69 Å². The van der Waals surface area contributed by atoms with Crippen molar-refractivity contribution in [1.82, 2.24) is 10.6 Å². The molecule has 0 aliphatic heterocycles. The summed E-state index contributed by atoms with van der Waals surface area (Å²) in [7, 11) is 0. The molecule has 1 fully saturated rings. The molecule has 1 saturated carbocycles. The maximum atomic E-state index is 11.7. The van der Waals surface area contributed by atoms with Crippen molar-refractivity contribution < 1.29 is 14.3 Å². The zero-order valence-electron chi connectivity index (χ0n) is 12.1. The van der Waals surface area contributed by atoms with E-state index in [1.165, 1.54) is 0 Å². The van der Waals surface area contributed by atoms with Gasteiger partial charge in [-0.3, -0.25) is 9.59 Å². The zero-order chi connectivity index (χ0) is 15.2. The van der Waals surface area contributed by atoms with Gasteiger partial charge in [-0.05, 0) is 31.9 Å². The molecule has 4 N–H and O–H groups in total. The lowest BCUT2D eigenvalue weighted by molar-refractivity contribution is -0.128. The van der Waals surface area contributed by atoms with Crippen LogP contribution in [0, 0.1) is 0 Å². The quantitative estimate of drug-likeness (QED) is 0.648. The minimum Gasteiger partial charge on any atom is -0.493 e. The smallest absolute Gasteiger partial charge is 0.242 e. The van der Waals surface area contributed by atoms with Gasteiger partial charge in [-0.2, -0.15) is 0 Å². The van der Waals surface area contributed by atoms with Gasteiger partial charge in [0.05, 0.1) is 13.0 Å². The van der Waals surface area contributed by atoms with Gasteiger partial charge in [-0.25, -0.2) is 0 Å². The molecule has 0 spiro atoms. The molecule has 0 aromatic heterocycles. The van der Waals surface area contributed by atoms with Crippen LogP contribution in [-0.2, 0) is 9.59 Å². The molecule has 1 aromatic rings. The van der Waals surface area contributed by atoms with E-state index in [0.717, 1.165) is 12.8 Å². The molecule has 2 rings (SSSR count). The first-order chi connectivity index (χ1) is 10.0. The number of carbonyl (C=O) groups excluding carboxylic acids is 2. The zero-order valence-corrected chi connectivity index (χ0v) is 12.1. The van der Waals surface area contributed by atoms with Crippen LogP contribution >= 0.6 is 0 Å². The molecule has 6 heteroatoms. The van der Waals surface area contributed by atoms with Gasteiger partial charge in [0.15, 0.2) is 0 Å². The fraction of sp³-hybridized carbons (Fsp3) is 0.467. The average Bonchev–Trinajstić information content (AvgIpc) is 3.22. The number of anilines is 1. The lowest BCUT2D eigenvalue weighted by atomic mass is 10.3. The molecule has 114 valence electrons. The summed E-state index contributed by atoms with van der Waals surface area (Å²) < 4.78 is 5.43.